The second kappa shape index (κ2) is 8.49. The van der Waals surface area contributed by atoms with Gasteiger partial charge in [-0.1, -0.05) is 30.3 Å². The largest absolute Gasteiger partial charge is 0.354 e. The SMILES string of the molecule is CN(C)CCNC(=O)c1cc(-c2ccc([N+](=O)[O-])cc2)[nH]c1-c1ccccc1. The molecule has 0 aliphatic rings. The fourth-order valence-electron chi connectivity index (χ4n) is 2.87. The number of H-pyrrole nitrogens is 1. The van der Waals surface area contributed by atoms with Gasteiger partial charge in [-0.25, -0.2) is 0 Å². The van der Waals surface area contributed by atoms with Gasteiger partial charge in [-0.15, -0.1) is 0 Å². The molecule has 7 heteroatoms. The fraction of sp³-hybridized carbons (Fsp3) is 0.190. The number of nitro groups is 1. The molecule has 0 aliphatic carbocycles. The van der Waals surface area contributed by atoms with Crippen LogP contribution in [0.4, 0.5) is 5.69 Å². The van der Waals surface area contributed by atoms with Gasteiger partial charge in [0, 0.05) is 30.9 Å². The van der Waals surface area contributed by atoms with Gasteiger partial charge < -0.3 is 15.2 Å². The summed E-state index contributed by atoms with van der Waals surface area (Å²) in [7, 11) is 3.90. The number of carbonyl (C=O) groups excluding carboxylic acids is 1. The fourth-order valence-corrected chi connectivity index (χ4v) is 2.87. The molecule has 0 fully saturated rings. The van der Waals surface area contributed by atoms with Crippen LogP contribution in [0.15, 0.2) is 60.7 Å². The first-order valence-electron chi connectivity index (χ1n) is 8.92. The number of non-ortho nitro benzene ring substituents is 1. The Morgan fingerprint density at radius 1 is 1.07 bits per heavy atom. The summed E-state index contributed by atoms with van der Waals surface area (Å²) >= 11 is 0. The lowest BCUT2D eigenvalue weighted by atomic mass is 10.1. The highest BCUT2D eigenvalue weighted by Crippen LogP contribution is 2.30. The topological polar surface area (TPSA) is 91.3 Å². The van der Waals surface area contributed by atoms with Crippen molar-refractivity contribution in [3.63, 3.8) is 0 Å². The Morgan fingerprint density at radius 2 is 1.75 bits per heavy atom. The quantitative estimate of drug-likeness (QED) is 0.486. The molecule has 1 aromatic heterocycles. The van der Waals surface area contributed by atoms with Gasteiger partial charge in [0.15, 0.2) is 0 Å². The van der Waals surface area contributed by atoms with Crippen molar-refractivity contribution in [3.05, 3.63) is 76.3 Å². The van der Waals surface area contributed by atoms with E-state index in [4.69, 9.17) is 0 Å². The third-order valence-electron chi connectivity index (χ3n) is 4.36. The maximum absolute atomic E-state index is 12.8. The number of hydrogen-bond donors (Lipinski definition) is 2. The van der Waals surface area contributed by atoms with Crippen molar-refractivity contribution in [2.45, 2.75) is 0 Å². The minimum absolute atomic E-state index is 0.0280. The molecule has 3 aromatic rings. The summed E-state index contributed by atoms with van der Waals surface area (Å²) in [5.41, 5.74) is 3.69. The number of amides is 1. The number of rotatable bonds is 7. The highest BCUT2D eigenvalue weighted by molar-refractivity contribution is 6.01. The first-order chi connectivity index (χ1) is 13.5. The molecule has 2 aromatic carbocycles. The lowest BCUT2D eigenvalue weighted by Crippen LogP contribution is -2.31. The summed E-state index contributed by atoms with van der Waals surface area (Å²) in [5, 5.41) is 13.8. The number of nitrogens with one attached hydrogen (secondary N) is 2. The number of aromatic amines is 1. The van der Waals surface area contributed by atoms with Gasteiger partial charge in [-0.05, 0) is 43.4 Å². The van der Waals surface area contributed by atoms with E-state index in [0.717, 1.165) is 29.1 Å². The van der Waals surface area contributed by atoms with Gasteiger partial charge in [0.05, 0.1) is 16.2 Å². The molecule has 1 heterocycles. The molecule has 0 aliphatic heterocycles. The number of aromatic nitrogens is 1. The van der Waals surface area contributed by atoms with E-state index in [0.29, 0.717) is 12.1 Å². The van der Waals surface area contributed by atoms with Gasteiger partial charge in [0.1, 0.15) is 0 Å². The zero-order valence-electron chi connectivity index (χ0n) is 15.8. The Labute approximate surface area is 163 Å². The van der Waals surface area contributed by atoms with E-state index < -0.39 is 4.92 Å². The molecule has 0 atom stereocenters. The molecule has 0 radical (unpaired) electrons. The number of carbonyl (C=O) groups is 1. The lowest BCUT2D eigenvalue weighted by molar-refractivity contribution is -0.384. The van der Waals surface area contributed by atoms with Crippen molar-refractivity contribution < 1.29 is 9.72 Å². The van der Waals surface area contributed by atoms with Crippen molar-refractivity contribution >= 4 is 11.6 Å². The molecule has 0 spiro atoms. The van der Waals surface area contributed by atoms with E-state index in [1.807, 2.05) is 49.3 Å². The maximum atomic E-state index is 12.8. The molecule has 144 valence electrons. The van der Waals surface area contributed by atoms with Crippen LogP contribution in [-0.4, -0.2) is 47.9 Å². The number of benzene rings is 2. The average molecular weight is 378 g/mol. The zero-order chi connectivity index (χ0) is 20.1. The molecule has 3 rings (SSSR count). The molecular weight excluding hydrogens is 356 g/mol. The molecule has 0 unspecified atom stereocenters. The second-order valence-corrected chi connectivity index (χ2v) is 6.70. The zero-order valence-corrected chi connectivity index (χ0v) is 15.8. The van der Waals surface area contributed by atoms with Gasteiger partial charge in [-0.2, -0.15) is 0 Å². The Kier molecular flexibility index (Phi) is 5.86. The number of nitro benzene ring substituents is 1. The van der Waals surface area contributed by atoms with Crippen LogP contribution in [0.3, 0.4) is 0 Å². The van der Waals surface area contributed by atoms with E-state index >= 15 is 0 Å². The Morgan fingerprint density at radius 3 is 2.36 bits per heavy atom. The summed E-state index contributed by atoms with van der Waals surface area (Å²) in [6.07, 6.45) is 0. The first kappa shape index (κ1) is 19.3. The van der Waals surface area contributed by atoms with Crippen LogP contribution in [0.1, 0.15) is 10.4 Å². The Hall–Kier alpha value is -3.45. The second-order valence-electron chi connectivity index (χ2n) is 6.70. The number of hydrogen-bond acceptors (Lipinski definition) is 4. The third-order valence-corrected chi connectivity index (χ3v) is 4.36. The van der Waals surface area contributed by atoms with Gasteiger partial charge in [0.25, 0.3) is 11.6 Å². The minimum Gasteiger partial charge on any atom is -0.354 e. The molecule has 2 N–H and O–H groups in total. The van der Waals surface area contributed by atoms with E-state index in [9.17, 15) is 14.9 Å². The highest BCUT2D eigenvalue weighted by Gasteiger charge is 2.18. The molecule has 0 saturated carbocycles. The molecule has 0 bridgehead atoms. The van der Waals surface area contributed by atoms with Crippen LogP contribution >= 0.6 is 0 Å². The van der Waals surface area contributed by atoms with Gasteiger partial charge in [0.2, 0.25) is 0 Å². The highest BCUT2D eigenvalue weighted by atomic mass is 16.6. The number of nitrogens with zero attached hydrogens (tertiary/aromatic N) is 2. The van der Waals surface area contributed by atoms with Gasteiger partial charge in [-0.3, -0.25) is 14.9 Å². The van der Waals surface area contributed by atoms with Crippen molar-refractivity contribution in [2.24, 2.45) is 0 Å². The molecule has 1 amide bonds. The van der Waals surface area contributed by atoms with Crippen LogP contribution < -0.4 is 5.32 Å². The van der Waals surface area contributed by atoms with Crippen LogP contribution in [0.25, 0.3) is 22.5 Å². The van der Waals surface area contributed by atoms with Crippen molar-refractivity contribution in [1.29, 1.82) is 0 Å². The first-order valence-corrected chi connectivity index (χ1v) is 8.92. The lowest BCUT2D eigenvalue weighted by Gasteiger charge is -2.10. The minimum atomic E-state index is -0.433. The summed E-state index contributed by atoms with van der Waals surface area (Å²) in [5.74, 6) is -0.162. The summed E-state index contributed by atoms with van der Waals surface area (Å²) in [6.45, 7) is 1.28. The van der Waals surface area contributed by atoms with E-state index in [1.165, 1.54) is 12.1 Å². The summed E-state index contributed by atoms with van der Waals surface area (Å²) in [6, 6.07) is 17.6. The van der Waals surface area contributed by atoms with Crippen LogP contribution in [-0.2, 0) is 0 Å². The maximum Gasteiger partial charge on any atom is 0.269 e. The average Bonchev–Trinajstić information content (AvgIpc) is 3.14. The van der Waals surface area contributed by atoms with Crippen LogP contribution in [0.5, 0.6) is 0 Å². The van der Waals surface area contributed by atoms with E-state index in [2.05, 4.69) is 10.3 Å². The summed E-state index contributed by atoms with van der Waals surface area (Å²) in [4.78, 5) is 28.5. The molecule has 28 heavy (non-hydrogen) atoms. The van der Waals surface area contributed by atoms with Crippen LogP contribution in [0.2, 0.25) is 0 Å². The van der Waals surface area contributed by atoms with Crippen LogP contribution in [0, 0.1) is 10.1 Å². The Bertz CT molecular complexity index is 963. The normalized spacial score (nSPS) is 10.8. The number of likely N-dealkylation sites (N-methyl/N-ethyl adjacent to an activating group) is 1. The van der Waals surface area contributed by atoms with Gasteiger partial charge >= 0.3 is 0 Å². The van der Waals surface area contributed by atoms with Crippen molar-refractivity contribution in [1.82, 2.24) is 15.2 Å². The predicted molar refractivity (Wildman–Crippen MR) is 109 cm³/mol. The predicted octanol–water partition coefficient (Wildman–Crippen LogP) is 3.55. The van der Waals surface area contributed by atoms with E-state index in [-0.39, 0.29) is 11.6 Å². The standard InChI is InChI=1S/C21H22N4O3/c1-24(2)13-12-22-21(26)18-14-19(15-8-10-17(11-9-15)25(27)28)23-20(18)16-6-4-3-5-7-16/h3-11,14,23H,12-13H2,1-2H3,(H,22,26). The molecular formula is C21H22N4O3. The monoisotopic (exact) mass is 378 g/mol. The summed E-state index contributed by atoms with van der Waals surface area (Å²) < 4.78 is 0. The molecule has 0 saturated heterocycles. The van der Waals surface area contributed by atoms with Crippen molar-refractivity contribution in [2.75, 3.05) is 27.2 Å². The van der Waals surface area contributed by atoms with Crippen molar-refractivity contribution in [3.8, 4) is 22.5 Å². The Balaban J connectivity index is 1.95. The smallest absolute Gasteiger partial charge is 0.269 e. The molecule has 7 nitrogen and oxygen atoms in total. The third kappa shape index (κ3) is 4.44. The van der Waals surface area contributed by atoms with E-state index in [1.54, 1.807) is 18.2 Å².